The van der Waals surface area contributed by atoms with Gasteiger partial charge in [0.1, 0.15) is 11.9 Å². The standard InChI is InChI=1S/C24H23BrN2O2/c1-16(2)29-21-8-6-7-20(15-21)27-17(3)26(19-13-11-18(25)12-14-19)23-10-5-4-9-22(23)24(27)28/h4-17H,1-3H3. The molecule has 0 spiro atoms. The van der Waals surface area contributed by atoms with Crippen LogP contribution in [0.4, 0.5) is 17.1 Å². The number of anilines is 3. The van der Waals surface area contributed by atoms with Crippen molar-refractivity contribution in [2.75, 3.05) is 9.80 Å². The van der Waals surface area contributed by atoms with Gasteiger partial charge in [0, 0.05) is 21.9 Å². The van der Waals surface area contributed by atoms with E-state index in [2.05, 4.69) is 33.0 Å². The van der Waals surface area contributed by atoms with Gasteiger partial charge in [-0.2, -0.15) is 0 Å². The number of para-hydroxylation sites is 1. The van der Waals surface area contributed by atoms with Crippen LogP contribution in [0.5, 0.6) is 5.75 Å². The van der Waals surface area contributed by atoms with Crippen molar-refractivity contribution >= 4 is 38.9 Å². The Morgan fingerprint density at radius 1 is 0.897 bits per heavy atom. The Balaban J connectivity index is 1.82. The zero-order valence-electron chi connectivity index (χ0n) is 16.7. The maximum absolute atomic E-state index is 13.4. The fourth-order valence-electron chi connectivity index (χ4n) is 3.75. The summed E-state index contributed by atoms with van der Waals surface area (Å²) in [5.41, 5.74) is 3.44. The molecule has 1 aliphatic heterocycles. The second kappa shape index (κ2) is 7.91. The molecule has 1 amide bonds. The van der Waals surface area contributed by atoms with Gasteiger partial charge in [0.05, 0.1) is 17.4 Å². The first-order valence-corrected chi connectivity index (χ1v) is 10.5. The van der Waals surface area contributed by atoms with E-state index in [1.165, 1.54) is 0 Å². The van der Waals surface area contributed by atoms with Crippen molar-refractivity contribution in [3.05, 3.63) is 82.8 Å². The number of rotatable bonds is 4. The number of halogens is 1. The molecule has 0 saturated heterocycles. The SMILES string of the molecule is CC(C)Oc1cccc(N2C(=O)c3ccccc3N(c3ccc(Br)cc3)C2C)c1. The van der Waals surface area contributed by atoms with Gasteiger partial charge in [-0.15, -0.1) is 0 Å². The summed E-state index contributed by atoms with van der Waals surface area (Å²) in [6, 6.07) is 23.6. The Morgan fingerprint density at radius 3 is 2.34 bits per heavy atom. The highest BCUT2D eigenvalue weighted by Crippen LogP contribution is 2.39. The number of amides is 1. The van der Waals surface area contributed by atoms with Gasteiger partial charge in [-0.1, -0.05) is 34.1 Å². The lowest BCUT2D eigenvalue weighted by molar-refractivity contribution is 0.0973. The van der Waals surface area contributed by atoms with Crippen LogP contribution in [-0.2, 0) is 0 Å². The van der Waals surface area contributed by atoms with Gasteiger partial charge < -0.3 is 9.64 Å². The van der Waals surface area contributed by atoms with Crippen LogP contribution in [0.15, 0.2) is 77.3 Å². The number of fused-ring (bicyclic) bond motifs is 1. The predicted molar refractivity (Wildman–Crippen MR) is 121 cm³/mol. The number of carbonyl (C=O) groups is 1. The minimum absolute atomic E-state index is 0.0110. The molecule has 3 aromatic carbocycles. The van der Waals surface area contributed by atoms with Crippen LogP contribution >= 0.6 is 15.9 Å². The Kier molecular flexibility index (Phi) is 5.33. The largest absolute Gasteiger partial charge is 0.491 e. The van der Waals surface area contributed by atoms with Gasteiger partial charge in [0.25, 0.3) is 5.91 Å². The lowest BCUT2D eigenvalue weighted by Crippen LogP contribution is -2.52. The number of nitrogens with zero attached hydrogens (tertiary/aromatic N) is 2. The second-order valence-corrected chi connectivity index (χ2v) is 8.25. The van der Waals surface area contributed by atoms with Crippen molar-refractivity contribution in [1.29, 1.82) is 0 Å². The third-order valence-corrected chi connectivity index (χ3v) is 5.46. The number of carbonyl (C=O) groups excluding carboxylic acids is 1. The molecule has 1 aliphatic rings. The van der Waals surface area contributed by atoms with Gasteiger partial charge in [-0.3, -0.25) is 9.69 Å². The molecule has 0 N–H and O–H groups in total. The summed E-state index contributed by atoms with van der Waals surface area (Å²) >= 11 is 3.50. The monoisotopic (exact) mass is 450 g/mol. The first kappa shape index (κ1) is 19.5. The summed E-state index contributed by atoms with van der Waals surface area (Å²) in [5, 5.41) is 0. The molecular weight excluding hydrogens is 428 g/mol. The van der Waals surface area contributed by atoms with Crippen molar-refractivity contribution in [3.8, 4) is 5.75 Å². The highest BCUT2D eigenvalue weighted by molar-refractivity contribution is 9.10. The summed E-state index contributed by atoms with van der Waals surface area (Å²) in [5.74, 6) is 0.745. The molecule has 3 aromatic rings. The molecule has 0 aliphatic carbocycles. The minimum Gasteiger partial charge on any atom is -0.491 e. The Labute approximate surface area is 179 Å². The van der Waals surface area contributed by atoms with Crippen molar-refractivity contribution < 1.29 is 9.53 Å². The van der Waals surface area contributed by atoms with Crippen molar-refractivity contribution in [3.63, 3.8) is 0 Å². The molecule has 5 heteroatoms. The first-order valence-electron chi connectivity index (χ1n) is 9.70. The molecule has 4 nitrogen and oxygen atoms in total. The molecular formula is C24H23BrN2O2. The average molecular weight is 451 g/mol. The highest BCUT2D eigenvalue weighted by atomic mass is 79.9. The van der Waals surface area contributed by atoms with E-state index < -0.39 is 0 Å². The predicted octanol–water partition coefficient (Wildman–Crippen LogP) is 6.38. The molecule has 1 unspecified atom stereocenters. The Morgan fingerprint density at radius 2 is 1.62 bits per heavy atom. The van der Waals surface area contributed by atoms with Crippen LogP contribution < -0.4 is 14.5 Å². The summed E-state index contributed by atoms with van der Waals surface area (Å²) < 4.78 is 6.87. The molecule has 0 saturated carbocycles. The molecule has 4 rings (SSSR count). The van der Waals surface area contributed by atoms with E-state index in [4.69, 9.17) is 4.74 Å². The third-order valence-electron chi connectivity index (χ3n) is 4.93. The molecule has 29 heavy (non-hydrogen) atoms. The van der Waals surface area contributed by atoms with E-state index >= 15 is 0 Å². The molecule has 0 radical (unpaired) electrons. The zero-order chi connectivity index (χ0) is 20.5. The molecule has 0 bridgehead atoms. The maximum Gasteiger partial charge on any atom is 0.262 e. The van der Waals surface area contributed by atoms with Crippen molar-refractivity contribution in [2.24, 2.45) is 0 Å². The topological polar surface area (TPSA) is 32.8 Å². The first-order chi connectivity index (χ1) is 14.0. The molecule has 0 fully saturated rings. The van der Waals surface area contributed by atoms with Gasteiger partial charge >= 0.3 is 0 Å². The van der Waals surface area contributed by atoms with Crippen LogP contribution in [0, 0.1) is 0 Å². The number of benzene rings is 3. The van der Waals surface area contributed by atoms with E-state index in [-0.39, 0.29) is 18.2 Å². The molecule has 0 aromatic heterocycles. The summed E-state index contributed by atoms with van der Waals surface area (Å²) in [6.07, 6.45) is -0.132. The van der Waals surface area contributed by atoms with E-state index in [1.54, 1.807) is 0 Å². The van der Waals surface area contributed by atoms with Crippen LogP contribution in [0.25, 0.3) is 0 Å². The second-order valence-electron chi connectivity index (χ2n) is 7.33. The van der Waals surface area contributed by atoms with E-state index in [0.29, 0.717) is 5.56 Å². The summed E-state index contributed by atoms with van der Waals surface area (Å²) in [7, 11) is 0. The van der Waals surface area contributed by atoms with E-state index in [1.807, 2.05) is 86.3 Å². The maximum atomic E-state index is 13.4. The fourth-order valence-corrected chi connectivity index (χ4v) is 4.01. The highest BCUT2D eigenvalue weighted by Gasteiger charge is 2.36. The normalized spacial score (nSPS) is 16.2. The Bertz CT molecular complexity index is 1030. The minimum atomic E-state index is -0.201. The summed E-state index contributed by atoms with van der Waals surface area (Å²) in [6.45, 7) is 6.03. The lowest BCUT2D eigenvalue weighted by atomic mass is 10.0. The molecule has 148 valence electrons. The van der Waals surface area contributed by atoms with Gasteiger partial charge in [0.15, 0.2) is 0 Å². The van der Waals surface area contributed by atoms with Crippen LogP contribution in [0.2, 0.25) is 0 Å². The number of ether oxygens (including phenoxy) is 1. The van der Waals surface area contributed by atoms with Crippen molar-refractivity contribution in [2.45, 2.75) is 33.0 Å². The quantitative estimate of drug-likeness (QED) is 0.462. The smallest absolute Gasteiger partial charge is 0.262 e. The van der Waals surface area contributed by atoms with Gasteiger partial charge in [0.2, 0.25) is 0 Å². The lowest BCUT2D eigenvalue weighted by Gasteiger charge is -2.44. The average Bonchev–Trinajstić information content (AvgIpc) is 2.69. The zero-order valence-corrected chi connectivity index (χ0v) is 18.3. The van der Waals surface area contributed by atoms with Crippen LogP contribution in [0.3, 0.4) is 0 Å². The Hall–Kier alpha value is -2.79. The van der Waals surface area contributed by atoms with Crippen LogP contribution in [-0.4, -0.2) is 18.2 Å². The van der Waals surface area contributed by atoms with Crippen LogP contribution in [0.1, 0.15) is 31.1 Å². The van der Waals surface area contributed by atoms with Gasteiger partial charge in [-0.05, 0) is 69.3 Å². The number of hydrogen-bond donors (Lipinski definition) is 0. The van der Waals surface area contributed by atoms with Crippen molar-refractivity contribution in [1.82, 2.24) is 0 Å². The summed E-state index contributed by atoms with van der Waals surface area (Å²) in [4.78, 5) is 17.5. The molecule has 1 heterocycles. The van der Waals surface area contributed by atoms with Gasteiger partial charge in [-0.25, -0.2) is 0 Å². The third kappa shape index (κ3) is 3.75. The van der Waals surface area contributed by atoms with E-state index in [0.717, 1.165) is 27.3 Å². The molecule has 1 atom stereocenters. The van der Waals surface area contributed by atoms with E-state index in [9.17, 15) is 4.79 Å². The number of hydrogen-bond acceptors (Lipinski definition) is 3. The fraction of sp³-hybridized carbons (Fsp3) is 0.208.